The van der Waals surface area contributed by atoms with Gasteiger partial charge in [-0.2, -0.15) is 4.99 Å². The van der Waals surface area contributed by atoms with Crippen LogP contribution in [0.25, 0.3) is 0 Å². The average molecular weight is 141 g/mol. The lowest BCUT2D eigenvalue weighted by Crippen LogP contribution is -2.19. The third kappa shape index (κ3) is 1.43. The van der Waals surface area contributed by atoms with Gasteiger partial charge >= 0.3 is 0 Å². The van der Waals surface area contributed by atoms with Crippen molar-refractivity contribution in [2.45, 2.75) is 31.4 Å². The van der Waals surface area contributed by atoms with Crippen molar-refractivity contribution in [2.75, 3.05) is 7.11 Å². The van der Waals surface area contributed by atoms with Gasteiger partial charge in [-0.3, -0.25) is 0 Å². The molecule has 0 heterocycles. The van der Waals surface area contributed by atoms with Crippen LogP contribution in [-0.2, 0) is 9.53 Å². The first-order valence-electron chi connectivity index (χ1n) is 3.48. The Morgan fingerprint density at radius 2 is 2.40 bits per heavy atom. The Labute approximate surface area is 60.1 Å². The van der Waals surface area contributed by atoms with Gasteiger partial charge in [-0.15, -0.1) is 0 Å². The zero-order valence-corrected chi connectivity index (χ0v) is 6.04. The first-order chi connectivity index (χ1) is 4.88. The molecule has 1 rings (SSSR count). The molecule has 0 N–H and O–H groups in total. The Kier molecular flexibility index (Phi) is 2.60. The van der Waals surface area contributed by atoms with E-state index in [1.807, 2.05) is 0 Å². The predicted octanol–water partition coefficient (Wildman–Crippen LogP) is 0.890. The number of carbonyl (C=O) groups excluding carboxylic acids is 1. The van der Waals surface area contributed by atoms with E-state index in [2.05, 4.69) is 4.99 Å². The molecule has 0 aromatic rings. The molecule has 0 bridgehead atoms. The Morgan fingerprint density at radius 1 is 1.60 bits per heavy atom. The molecule has 1 fully saturated rings. The summed E-state index contributed by atoms with van der Waals surface area (Å²) in [7, 11) is 1.66. The van der Waals surface area contributed by atoms with Gasteiger partial charge in [0.15, 0.2) is 0 Å². The molecule has 1 aliphatic carbocycles. The second kappa shape index (κ2) is 3.49. The number of hydrogen-bond donors (Lipinski definition) is 0. The number of ether oxygens (including phenoxy) is 1. The number of rotatable bonds is 2. The highest BCUT2D eigenvalue weighted by atomic mass is 16.5. The maximum absolute atomic E-state index is 9.88. The van der Waals surface area contributed by atoms with Crippen molar-refractivity contribution in [3.8, 4) is 0 Å². The molecule has 2 atom stereocenters. The number of isocyanates is 1. The van der Waals surface area contributed by atoms with E-state index in [1.165, 1.54) is 0 Å². The summed E-state index contributed by atoms with van der Waals surface area (Å²) in [6.07, 6.45) is 4.81. The monoisotopic (exact) mass is 141 g/mol. The van der Waals surface area contributed by atoms with E-state index in [1.54, 1.807) is 13.2 Å². The zero-order chi connectivity index (χ0) is 7.40. The van der Waals surface area contributed by atoms with E-state index in [4.69, 9.17) is 4.74 Å². The van der Waals surface area contributed by atoms with Crippen LogP contribution in [0, 0.1) is 0 Å². The molecule has 10 heavy (non-hydrogen) atoms. The fraction of sp³-hybridized carbons (Fsp3) is 0.857. The summed E-state index contributed by atoms with van der Waals surface area (Å²) in [6, 6.07) is 0.0718. The molecule has 0 amide bonds. The molecule has 0 aliphatic heterocycles. The van der Waals surface area contributed by atoms with Crippen molar-refractivity contribution in [3.05, 3.63) is 0 Å². The summed E-state index contributed by atoms with van der Waals surface area (Å²) in [4.78, 5) is 13.5. The molecule has 0 spiro atoms. The Morgan fingerprint density at radius 3 is 3.00 bits per heavy atom. The van der Waals surface area contributed by atoms with Gasteiger partial charge in [0.2, 0.25) is 6.08 Å². The highest BCUT2D eigenvalue weighted by molar-refractivity contribution is 5.33. The van der Waals surface area contributed by atoms with Gasteiger partial charge in [0.05, 0.1) is 12.1 Å². The number of methoxy groups -OCH3 is 1. The largest absolute Gasteiger partial charge is 0.379 e. The number of hydrogen-bond acceptors (Lipinski definition) is 3. The lowest BCUT2D eigenvalue weighted by Gasteiger charge is -2.10. The standard InChI is InChI=1S/C7H11NO2/c1-10-7-4-2-3-6(7)8-5-9/h6-7H,2-4H2,1H3. The molecule has 0 saturated heterocycles. The van der Waals surface area contributed by atoms with Crippen LogP contribution in [0.4, 0.5) is 0 Å². The molecular formula is C7H11NO2. The number of nitrogens with zero attached hydrogens (tertiary/aromatic N) is 1. The first-order valence-corrected chi connectivity index (χ1v) is 3.48. The van der Waals surface area contributed by atoms with Crippen LogP contribution in [0.3, 0.4) is 0 Å². The third-order valence-electron chi connectivity index (χ3n) is 1.94. The average Bonchev–Trinajstić information content (AvgIpc) is 2.36. The molecule has 0 aromatic heterocycles. The lowest BCUT2D eigenvalue weighted by atomic mass is 10.2. The zero-order valence-electron chi connectivity index (χ0n) is 6.04. The molecular weight excluding hydrogens is 130 g/mol. The quantitative estimate of drug-likeness (QED) is 0.423. The molecule has 56 valence electrons. The summed E-state index contributed by atoms with van der Waals surface area (Å²) in [6.45, 7) is 0. The fourth-order valence-electron chi connectivity index (χ4n) is 1.40. The van der Waals surface area contributed by atoms with Crippen LogP contribution >= 0.6 is 0 Å². The molecule has 3 nitrogen and oxygen atoms in total. The molecule has 1 saturated carbocycles. The highest BCUT2D eigenvalue weighted by Crippen LogP contribution is 2.23. The van der Waals surface area contributed by atoms with E-state index in [0.717, 1.165) is 19.3 Å². The number of aliphatic imine (C=N–C) groups is 1. The summed E-state index contributed by atoms with van der Waals surface area (Å²) in [5.41, 5.74) is 0. The van der Waals surface area contributed by atoms with Crippen molar-refractivity contribution in [1.82, 2.24) is 0 Å². The van der Waals surface area contributed by atoms with Crippen LogP contribution in [0.1, 0.15) is 19.3 Å². The fourth-order valence-corrected chi connectivity index (χ4v) is 1.40. The normalized spacial score (nSPS) is 31.7. The maximum Gasteiger partial charge on any atom is 0.235 e. The summed E-state index contributed by atoms with van der Waals surface area (Å²) >= 11 is 0. The summed E-state index contributed by atoms with van der Waals surface area (Å²) in [5.74, 6) is 0. The second-order valence-electron chi connectivity index (χ2n) is 2.49. The third-order valence-corrected chi connectivity index (χ3v) is 1.94. The van der Waals surface area contributed by atoms with Crippen molar-refractivity contribution >= 4 is 6.08 Å². The highest BCUT2D eigenvalue weighted by Gasteiger charge is 2.26. The van der Waals surface area contributed by atoms with Crippen LogP contribution in [0.5, 0.6) is 0 Å². The van der Waals surface area contributed by atoms with Crippen molar-refractivity contribution in [2.24, 2.45) is 4.99 Å². The summed E-state index contributed by atoms with van der Waals surface area (Å²) in [5, 5.41) is 0. The van der Waals surface area contributed by atoms with Crippen molar-refractivity contribution in [1.29, 1.82) is 0 Å². The van der Waals surface area contributed by atoms with Gasteiger partial charge in [0.1, 0.15) is 0 Å². The Hall–Kier alpha value is -0.660. The van der Waals surface area contributed by atoms with E-state index < -0.39 is 0 Å². The Bertz CT molecular complexity index is 152. The molecule has 0 radical (unpaired) electrons. The van der Waals surface area contributed by atoms with Crippen LogP contribution in [0.15, 0.2) is 4.99 Å². The topological polar surface area (TPSA) is 38.7 Å². The van der Waals surface area contributed by atoms with Gasteiger partial charge in [-0.1, -0.05) is 0 Å². The summed E-state index contributed by atoms with van der Waals surface area (Å²) < 4.78 is 5.10. The minimum absolute atomic E-state index is 0.0718. The second-order valence-corrected chi connectivity index (χ2v) is 2.49. The molecule has 0 aromatic carbocycles. The van der Waals surface area contributed by atoms with Gasteiger partial charge in [0.25, 0.3) is 0 Å². The SMILES string of the molecule is COC1CCCC1N=C=O. The van der Waals surface area contributed by atoms with E-state index in [0.29, 0.717) is 0 Å². The predicted molar refractivity (Wildman–Crippen MR) is 36.6 cm³/mol. The molecule has 2 unspecified atom stereocenters. The van der Waals surface area contributed by atoms with Gasteiger partial charge in [-0.05, 0) is 19.3 Å². The Balaban J connectivity index is 2.49. The van der Waals surface area contributed by atoms with E-state index in [9.17, 15) is 4.79 Å². The van der Waals surface area contributed by atoms with Gasteiger partial charge in [0, 0.05) is 7.11 Å². The lowest BCUT2D eigenvalue weighted by molar-refractivity contribution is 0.0966. The van der Waals surface area contributed by atoms with E-state index in [-0.39, 0.29) is 12.1 Å². The minimum Gasteiger partial charge on any atom is -0.379 e. The van der Waals surface area contributed by atoms with Crippen LogP contribution in [0.2, 0.25) is 0 Å². The maximum atomic E-state index is 9.88. The first kappa shape index (κ1) is 7.45. The van der Waals surface area contributed by atoms with Gasteiger partial charge in [-0.25, -0.2) is 4.79 Å². The van der Waals surface area contributed by atoms with E-state index >= 15 is 0 Å². The van der Waals surface area contributed by atoms with Gasteiger partial charge < -0.3 is 4.74 Å². The van der Waals surface area contributed by atoms with Crippen LogP contribution in [-0.4, -0.2) is 25.3 Å². The van der Waals surface area contributed by atoms with Crippen molar-refractivity contribution in [3.63, 3.8) is 0 Å². The minimum atomic E-state index is 0.0718. The smallest absolute Gasteiger partial charge is 0.235 e. The molecule has 3 heteroatoms. The van der Waals surface area contributed by atoms with Crippen molar-refractivity contribution < 1.29 is 9.53 Å². The van der Waals surface area contributed by atoms with Crippen LogP contribution < -0.4 is 0 Å². The molecule has 1 aliphatic rings.